The minimum Gasteiger partial charge on any atom is -0.508 e. The molecule has 2 aromatic rings. The number of anilines is 1. The summed E-state index contributed by atoms with van der Waals surface area (Å²) in [6.07, 6.45) is 2.46. The van der Waals surface area contributed by atoms with Crippen molar-refractivity contribution in [2.24, 2.45) is 5.73 Å². The maximum Gasteiger partial charge on any atom is 0.221 e. The Hall–Kier alpha value is -2.84. The number of amides is 1. The number of carbonyl (C=O) groups is 1. The van der Waals surface area contributed by atoms with Crippen molar-refractivity contribution >= 4 is 11.6 Å². The number of benzene rings is 2. The molecule has 1 saturated heterocycles. The first-order chi connectivity index (χ1) is 14.8. The number of carbonyl (C=O) groups excluding carboxylic acids is 1. The van der Waals surface area contributed by atoms with Crippen molar-refractivity contribution < 1.29 is 23.8 Å². The number of hydrogen-bond donors (Lipinski definition) is 3. The van der Waals surface area contributed by atoms with E-state index >= 15 is 0 Å². The van der Waals surface area contributed by atoms with E-state index in [-0.39, 0.29) is 35.7 Å². The monoisotopic (exact) mass is 429 g/mol. The van der Waals surface area contributed by atoms with Gasteiger partial charge in [-0.15, -0.1) is 0 Å². The number of halogens is 1. The van der Waals surface area contributed by atoms with Gasteiger partial charge in [0.1, 0.15) is 35.3 Å². The van der Waals surface area contributed by atoms with Gasteiger partial charge in [-0.25, -0.2) is 4.39 Å². The third-order valence-corrected chi connectivity index (χ3v) is 5.85. The summed E-state index contributed by atoms with van der Waals surface area (Å²) in [6, 6.07) is 9.02. The van der Waals surface area contributed by atoms with Crippen LogP contribution in [0.1, 0.15) is 25.3 Å². The summed E-state index contributed by atoms with van der Waals surface area (Å²) in [7, 11) is 0. The van der Waals surface area contributed by atoms with Crippen LogP contribution in [0.4, 0.5) is 10.1 Å². The van der Waals surface area contributed by atoms with Crippen molar-refractivity contribution in [1.82, 2.24) is 4.90 Å². The Morgan fingerprint density at radius 3 is 2.84 bits per heavy atom. The summed E-state index contributed by atoms with van der Waals surface area (Å²) in [5.74, 6) is 0.780. The van der Waals surface area contributed by atoms with Crippen LogP contribution in [0.5, 0.6) is 17.2 Å². The lowest BCUT2D eigenvalue weighted by atomic mass is 9.87. The number of phenols is 1. The second-order valence-corrected chi connectivity index (χ2v) is 8.45. The number of rotatable bonds is 6. The molecule has 7 nitrogen and oxygen atoms in total. The number of fused-ring (bicyclic) bond motifs is 1. The van der Waals surface area contributed by atoms with Crippen molar-refractivity contribution in [1.29, 1.82) is 0 Å². The predicted octanol–water partition coefficient (Wildman–Crippen LogP) is 2.67. The zero-order chi connectivity index (χ0) is 22.0. The van der Waals surface area contributed by atoms with E-state index in [0.29, 0.717) is 18.0 Å². The van der Waals surface area contributed by atoms with E-state index in [1.807, 2.05) is 0 Å². The average Bonchev–Trinajstić information content (AvgIpc) is 3.06. The van der Waals surface area contributed by atoms with Crippen LogP contribution in [0.15, 0.2) is 36.4 Å². The fourth-order valence-electron chi connectivity index (χ4n) is 4.33. The quantitative estimate of drug-likeness (QED) is 0.611. The summed E-state index contributed by atoms with van der Waals surface area (Å²) < 4.78 is 25.5. The molecule has 0 aliphatic carbocycles. The van der Waals surface area contributed by atoms with Crippen LogP contribution >= 0.6 is 0 Å². The summed E-state index contributed by atoms with van der Waals surface area (Å²) >= 11 is 0. The van der Waals surface area contributed by atoms with Crippen LogP contribution in [0.3, 0.4) is 0 Å². The molecule has 2 aromatic carbocycles. The third-order valence-electron chi connectivity index (χ3n) is 5.85. The first-order valence-corrected chi connectivity index (χ1v) is 10.5. The average molecular weight is 429 g/mol. The van der Waals surface area contributed by atoms with Gasteiger partial charge in [-0.1, -0.05) is 0 Å². The maximum absolute atomic E-state index is 13.5. The molecule has 0 radical (unpaired) electrons. The summed E-state index contributed by atoms with van der Waals surface area (Å²) in [6.45, 7) is 4.00. The molecule has 2 heterocycles. The number of aromatic hydroxyl groups is 1. The SMILES string of the molecule is CC(=O)Nc1ccc(O)cc1OC[C@@H](N)CN1CCC2(CC1)Cc1cc(F)ccc1O2. The molecule has 31 heavy (non-hydrogen) atoms. The molecule has 4 N–H and O–H groups in total. The standard InChI is InChI=1S/C23H28FN3O4/c1-15(28)26-20-4-3-19(29)11-22(20)30-14-18(25)13-27-8-6-23(7-9-27)12-16-10-17(24)2-5-21(16)31-23/h2-5,10-11,18,29H,6-9,12-14,25H2,1H3,(H,26,28)/t18-/m0/s1. The minimum absolute atomic E-state index is 0.0523. The first-order valence-electron chi connectivity index (χ1n) is 10.5. The molecular formula is C23H28FN3O4. The molecule has 8 heteroatoms. The van der Waals surface area contributed by atoms with E-state index in [2.05, 4.69) is 10.2 Å². The van der Waals surface area contributed by atoms with Crippen molar-refractivity contribution in [3.05, 3.63) is 47.8 Å². The van der Waals surface area contributed by atoms with Crippen LogP contribution < -0.4 is 20.5 Å². The van der Waals surface area contributed by atoms with Gasteiger partial charge in [0, 0.05) is 57.5 Å². The van der Waals surface area contributed by atoms with Crippen LogP contribution in [-0.2, 0) is 11.2 Å². The number of piperidine rings is 1. The van der Waals surface area contributed by atoms with Crippen LogP contribution in [0, 0.1) is 5.82 Å². The molecule has 1 fully saturated rings. The van der Waals surface area contributed by atoms with Gasteiger partial charge in [0.05, 0.1) is 11.7 Å². The number of hydrogen-bond acceptors (Lipinski definition) is 6. The molecule has 4 rings (SSSR count). The Labute approximate surface area is 180 Å². The highest BCUT2D eigenvalue weighted by Crippen LogP contribution is 2.41. The molecule has 0 saturated carbocycles. The number of likely N-dealkylation sites (tertiary alicyclic amines) is 1. The van der Waals surface area contributed by atoms with Crippen molar-refractivity contribution in [3.63, 3.8) is 0 Å². The van der Waals surface area contributed by atoms with E-state index in [4.69, 9.17) is 15.2 Å². The lowest BCUT2D eigenvalue weighted by molar-refractivity contribution is -0.114. The maximum atomic E-state index is 13.5. The van der Waals surface area contributed by atoms with Gasteiger partial charge in [0.15, 0.2) is 0 Å². The van der Waals surface area contributed by atoms with Crippen LogP contribution in [-0.4, -0.2) is 53.8 Å². The molecule has 1 atom stereocenters. The fourth-order valence-corrected chi connectivity index (χ4v) is 4.33. The van der Waals surface area contributed by atoms with Crippen molar-refractivity contribution in [2.45, 2.75) is 37.8 Å². The van der Waals surface area contributed by atoms with Gasteiger partial charge >= 0.3 is 0 Å². The van der Waals surface area contributed by atoms with E-state index < -0.39 is 0 Å². The van der Waals surface area contributed by atoms with Crippen molar-refractivity contribution in [3.8, 4) is 17.2 Å². The molecule has 0 aromatic heterocycles. The highest BCUT2D eigenvalue weighted by atomic mass is 19.1. The Bertz CT molecular complexity index is 960. The Morgan fingerprint density at radius 2 is 2.10 bits per heavy atom. The van der Waals surface area contributed by atoms with Gasteiger partial charge in [-0.2, -0.15) is 0 Å². The lowest BCUT2D eigenvalue weighted by Crippen LogP contribution is -2.51. The molecular weight excluding hydrogens is 401 g/mol. The van der Waals surface area contributed by atoms with Gasteiger partial charge in [0.25, 0.3) is 0 Å². The summed E-state index contributed by atoms with van der Waals surface area (Å²) in [5.41, 5.74) is 7.47. The zero-order valence-corrected chi connectivity index (χ0v) is 17.6. The number of nitrogens with two attached hydrogens (primary N) is 1. The predicted molar refractivity (Wildman–Crippen MR) is 115 cm³/mol. The molecule has 2 aliphatic rings. The molecule has 1 spiro atoms. The summed E-state index contributed by atoms with van der Waals surface area (Å²) in [5, 5.41) is 12.4. The van der Waals surface area contributed by atoms with Crippen molar-refractivity contribution in [2.75, 3.05) is 31.6 Å². The van der Waals surface area contributed by atoms with Gasteiger partial charge in [-0.05, 0) is 30.3 Å². The molecule has 0 bridgehead atoms. The van der Waals surface area contributed by atoms with Gasteiger partial charge in [0.2, 0.25) is 5.91 Å². The second-order valence-electron chi connectivity index (χ2n) is 8.45. The largest absolute Gasteiger partial charge is 0.508 e. The molecule has 1 amide bonds. The zero-order valence-electron chi connectivity index (χ0n) is 17.6. The normalized spacial score (nSPS) is 18.3. The smallest absolute Gasteiger partial charge is 0.221 e. The van der Waals surface area contributed by atoms with E-state index in [0.717, 1.165) is 43.7 Å². The minimum atomic E-state index is -0.248. The Morgan fingerprint density at radius 1 is 1.32 bits per heavy atom. The second kappa shape index (κ2) is 8.72. The lowest BCUT2D eigenvalue weighted by Gasteiger charge is -2.39. The van der Waals surface area contributed by atoms with E-state index in [1.165, 1.54) is 25.1 Å². The number of nitrogens with zero attached hydrogens (tertiary/aromatic N) is 1. The first kappa shape index (κ1) is 21.4. The van der Waals surface area contributed by atoms with Crippen LogP contribution in [0.25, 0.3) is 0 Å². The molecule has 0 unspecified atom stereocenters. The Kier molecular flexibility index (Phi) is 6.02. The third kappa shape index (κ3) is 5.08. The number of nitrogens with one attached hydrogen (secondary N) is 1. The molecule has 2 aliphatic heterocycles. The topological polar surface area (TPSA) is 97.0 Å². The molecule has 166 valence electrons. The summed E-state index contributed by atoms with van der Waals surface area (Å²) in [4.78, 5) is 13.6. The highest BCUT2D eigenvalue weighted by Gasteiger charge is 2.42. The van der Waals surface area contributed by atoms with E-state index in [1.54, 1.807) is 18.2 Å². The van der Waals surface area contributed by atoms with Crippen LogP contribution in [0.2, 0.25) is 0 Å². The number of phenolic OH excluding ortho intramolecular Hbond substituents is 1. The van der Waals surface area contributed by atoms with Gasteiger partial charge in [-0.3, -0.25) is 4.79 Å². The van der Waals surface area contributed by atoms with Gasteiger partial charge < -0.3 is 30.5 Å². The number of ether oxygens (including phenoxy) is 2. The fraction of sp³-hybridized carbons (Fsp3) is 0.435. The Balaban J connectivity index is 1.27. The van der Waals surface area contributed by atoms with E-state index in [9.17, 15) is 14.3 Å². The highest BCUT2D eigenvalue weighted by molar-refractivity contribution is 5.90.